The molecular formula is C22H23FN2O4. The monoisotopic (exact) mass is 398 g/mol. The number of carbonyl (C=O) groups is 3. The lowest BCUT2D eigenvalue weighted by atomic mass is 9.96. The lowest BCUT2D eigenvalue weighted by Crippen LogP contribution is -2.41. The van der Waals surface area contributed by atoms with E-state index in [0.717, 1.165) is 5.56 Å². The molecule has 2 aromatic rings. The van der Waals surface area contributed by atoms with Gasteiger partial charge in [0, 0.05) is 18.7 Å². The first-order valence-corrected chi connectivity index (χ1v) is 9.51. The summed E-state index contributed by atoms with van der Waals surface area (Å²) in [6, 6.07) is 13.2. The second-order valence-corrected chi connectivity index (χ2v) is 7.02. The number of nitrogens with zero attached hydrogens (tertiary/aromatic N) is 1. The third kappa shape index (κ3) is 5.19. The molecule has 0 atom stereocenters. The van der Waals surface area contributed by atoms with Crippen molar-refractivity contribution >= 4 is 23.5 Å². The van der Waals surface area contributed by atoms with Gasteiger partial charge in [0.05, 0.1) is 11.6 Å². The van der Waals surface area contributed by atoms with Crippen LogP contribution in [-0.2, 0) is 14.3 Å². The van der Waals surface area contributed by atoms with Crippen LogP contribution < -0.4 is 5.32 Å². The van der Waals surface area contributed by atoms with Gasteiger partial charge in [0.25, 0.3) is 11.8 Å². The zero-order valence-corrected chi connectivity index (χ0v) is 16.2. The zero-order valence-electron chi connectivity index (χ0n) is 16.2. The molecule has 0 spiro atoms. The van der Waals surface area contributed by atoms with Crippen molar-refractivity contribution in [1.29, 1.82) is 0 Å². The Labute approximate surface area is 168 Å². The molecule has 1 N–H and O–H groups in total. The van der Waals surface area contributed by atoms with E-state index >= 15 is 0 Å². The van der Waals surface area contributed by atoms with E-state index < -0.39 is 24.3 Å². The van der Waals surface area contributed by atoms with Crippen LogP contribution in [0, 0.1) is 18.7 Å². The van der Waals surface area contributed by atoms with Crippen molar-refractivity contribution in [2.24, 2.45) is 5.92 Å². The Morgan fingerprint density at radius 2 is 1.72 bits per heavy atom. The molecule has 1 saturated heterocycles. The molecule has 0 aliphatic carbocycles. The molecule has 0 aromatic heterocycles. The highest BCUT2D eigenvalue weighted by Gasteiger charge is 2.29. The van der Waals surface area contributed by atoms with E-state index in [0.29, 0.717) is 31.5 Å². The zero-order chi connectivity index (χ0) is 20.8. The minimum absolute atomic E-state index is 0.0385. The van der Waals surface area contributed by atoms with Crippen LogP contribution in [0.25, 0.3) is 0 Å². The number of para-hydroxylation sites is 1. The van der Waals surface area contributed by atoms with Gasteiger partial charge in [0.2, 0.25) is 0 Å². The summed E-state index contributed by atoms with van der Waals surface area (Å²) >= 11 is 0. The number of piperidine rings is 1. The third-order valence-corrected chi connectivity index (χ3v) is 4.98. The first-order chi connectivity index (χ1) is 14.0. The maximum atomic E-state index is 13.5. The smallest absolute Gasteiger partial charge is 0.309 e. The molecule has 2 amide bonds. The van der Waals surface area contributed by atoms with Gasteiger partial charge in [-0.1, -0.05) is 30.3 Å². The first-order valence-electron chi connectivity index (χ1n) is 9.51. The normalized spacial score (nSPS) is 14.3. The molecule has 0 saturated carbocycles. The molecule has 1 aliphatic rings. The Morgan fingerprint density at radius 3 is 2.41 bits per heavy atom. The molecular weight excluding hydrogens is 375 g/mol. The predicted octanol–water partition coefficient (Wildman–Crippen LogP) is 3.17. The summed E-state index contributed by atoms with van der Waals surface area (Å²) in [7, 11) is 0. The number of ether oxygens (including phenoxy) is 1. The van der Waals surface area contributed by atoms with Gasteiger partial charge < -0.3 is 15.0 Å². The van der Waals surface area contributed by atoms with Gasteiger partial charge in [-0.25, -0.2) is 4.39 Å². The van der Waals surface area contributed by atoms with Crippen molar-refractivity contribution in [3.63, 3.8) is 0 Å². The molecule has 7 heteroatoms. The lowest BCUT2D eigenvalue weighted by molar-refractivity contribution is -0.152. The SMILES string of the molecule is Cc1ccccc1C(=O)N1CCC(C(=O)OCC(=O)Nc2ccccc2F)CC1. The molecule has 2 aromatic carbocycles. The van der Waals surface area contributed by atoms with Gasteiger partial charge in [-0.2, -0.15) is 0 Å². The quantitative estimate of drug-likeness (QED) is 0.785. The number of halogens is 1. The summed E-state index contributed by atoms with van der Waals surface area (Å²) in [6.07, 6.45) is 0.955. The Balaban J connectivity index is 1.45. The number of hydrogen-bond donors (Lipinski definition) is 1. The number of carbonyl (C=O) groups excluding carboxylic acids is 3. The molecule has 1 fully saturated rings. The van der Waals surface area contributed by atoms with E-state index in [1.165, 1.54) is 18.2 Å². The number of amides is 2. The number of rotatable bonds is 5. The van der Waals surface area contributed by atoms with Crippen LogP contribution in [0.3, 0.4) is 0 Å². The minimum atomic E-state index is -0.601. The predicted molar refractivity (Wildman–Crippen MR) is 106 cm³/mol. The second kappa shape index (κ2) is 9.32. The number of likely N-dealkylation sites (tertiary alicyclic amines) is 1. The average molecular weight is 398 g/mol. The Kier molecular flexibility index (Phi) is 6.59. The van der Waals surface area contributed by atoms with Gasteiger partial charge >= 0.3 is 5.97 Å². The van der Waals surface area contributed by atoms with E-state index in [9.17, 15) is 18.8 Å². The largest absolute Gasteiger partial charge is 0.455 e. The molecule has 3 rings (SSSR count). The summed E-state index contributed by atoms with van der Waals surface area (Å²) in [6.45, 7) is 2.32. The minimum Gasteiger partial charge on any atom is -0.455 e. The van der Waals surface area contributed by atoms with Crippen molar-refractivity contribution in [3.05, 3.63) is 65.5 Å². The average Bonchev–Trinajstić information content (AvgIpc) is 2.73. The third-order valence-electron chi connectivity index (χ3n) is 4.98. The fourth-order valence-corrected chi connectivity index (χ4v) is 3.30. The van der Waals surface area contributed by atoms with E-state index in [4.69, 9.17) is 4.74 Å². The molecule has 0 unspecified atom stereocenters. The summed E-state index contributed by atoms with van der Waals surface area (Å²) in [4.78, 5) is 38.5. The molecule has 152 valence electrons. The Hall–Kier alpha value is -3.22. The molecule has 0 radical (unpaired) electrons. The van der Waals surface area contributed by atoms with Crippen LogP contribution in [0.4, 0.5) is 10.1 Å². The molecule has 29 heavy (non-hydrogen) atoms. The van der Waals surface area contributed by atoms with E-state index in [-0.39, 0.29) is 17.5 Å². The van der Waals surface area contributed by atoms with Gasteiger partial charge in [0.1, 0.15) is 5.82 Å². The summed E-state index contributed by atoms with van der Waals surface area (Å²) in [5.41, 5.74) is 1.62. The standard InChI is InChI=1S/C22H23FN2O4/c1-15-6-2-3-7-17(15)21(27)25-12-10-16(11-13-25)22(28)29-14-20(26)24-19-9-5-4-8-18(19)23/h2-9,16H,10-14H2,1H3,(H,24,26). The Morgan fingerprint density at radius 1 is 1.07 bits per heavy atom. The van der Waals surface area contributed by atoms with Crippen molar-refractivity contribution < 1.29 is 23.5 Å². The maximum Gasteiger partial charge on any atom is 0.309 e. The van der Waals surface area contributed by atoms with Crippen molar-refractivity contribution in [2.45, 2.75) is 19.8 Å². The van der Waals surface area contributed by atoms with Gasteiger partial charge in [-0.3, -0.25) is 14.4 Å². The highest BCUT2D eigenvalue weighted by Crippen LogP contribution is 2.21. The van der Waals surface area contributed by atoms with Crippen LogP contribution >= 0.6 is 0 Å². The van der Waals surface area contributed by atoms with Crippen molar-refractivity contribution in [3.8, 4) is 0 Å². The fourth-order valence-electron chi connectivity index (χ4n) is 3.30. The number of benzene rings is 2. The molecule has 0 bridgehead atoms. The van der Waals surface area contributed by atoms with Crippen LogP contribution in [0.1, 0.15) is 28.8 Å². The highest BCUT2D eigenvalue weighted by atomic mass is 19.1. The molecule has 6 nitrogen and oxygen atoms in total. The van der Waals surface area contributed by atoms with Crippen LogP contribution in [0.15, 0.2) is 48.5 Å². The molecule has 1 aliphatic heterocycles. The summed E-state index contributed by atoms with van der Waals surface area (Å²) in [5.74, 6) is -2.04. The maximum absolute atomic E-state index is 13.5. The number of aryl methyl sites for hydroxylation is 1. The summed E-state index contributed by atoms with van der Waals surface area (Å²) < 4.78 is 18.6. The van der Waals surface area contributed by atoms with Gasteiger partial charge in [-0.15, -0.1) is 0 Å². The fraction of sp³-hybridized carbons (Fsp3) is 0.318. The highest BCUT2D eigenvalue weighted by molar-refractivity contribution is 5.96. The van der Waals surface area contributed by atoms with Gasteiger partial charge in [-0.05, 0) is 43.5 Å². The second-order valence-electron chi connectivity index (χ2n) is 7.02. The first kappa shape index (κ1) is 20.5. The van der Waals surface area contributed by atoms with Crippen molar-refractivity contribution in [2.75, 3.05) is 25.0 Å². The van der Waals surface area contributed by atoms with Gasteiger partial charge in [0.15, 0.2) is 6.61 Å². The lowest BCUT2D eigenvalue weighted by Gasteiger charge is -2.31. The van der Waals surface area contributed by atoms with E-state index in [1.54, 1.807) is 17.0 Å². The number of esters is 1. The van der Waals surface area contributed by atoms with Crippen LogP contribution in [0.2, 0.25) is 0 Å². The Bertz CT molecular complexity index is 907. The number of nitrogens with one attached hydrogen (secondary N) is 1. The summed E-state index contributed by atoms with van der Waals surface area (Å²) in [5, 5.41) is 2.37. The van der Waals surface area contributed by atoms with E-state index in [2.05, 4.69) is 5.32 Å². The van der Waals surface area contributed by atoms with Crippen LogP contribution in [0.5, 0.6) is 0 Å². The topological polar surface area (TPSA) is 75.7 Å². The van der Waals surface area contributed by atoms with E-state index in [1.807, 2.05) is 25.1 Å². The van der Waals surface area contributed by atoms with Crippen molar-refractivity contribution in [1.82, 2.24) is 4.90 Å². The number of anilines is 1. The number of hydrogen-bond acceptors (Lipinski definition) is 4. The van der Waals surface area contributed by atoms with Crippen LogP contribution in [-0.4, -0.2) is 42.4 Å². The molecule has 1 heterocycles.